The highest BCUT2D eigenvalue weighted by atomic mass is 35.5. The standard InChI is InChI=1S/C17H16ClN3O2/c1-20-11-19-15-9-13(5-8-16(15)20)21(2)17(22)10-23-14-6-3-12(18)4-7-14/h3-9,11H,10H2,1-2H3. The highest BCUT2D eigenvalue weighted by Gasteiger charge is 2.13. The number of ether oxygens (including phenoxy) is 1. The van der Waals surface area contributed by atoms with Crippen LogP contribution in [-0.4, -0.2) is 29.1 Å². The zero-order valence-corrected chi connectivity index (χ0v) is 13.6. The number of carbonyl (C=O) groups excluding carboxylic acids is 1. The van der Waals surface area contributed by atoms with Crippen LogP contribution in [-0.2, 0) is 11.8 Å². The van der Waals surface area contributed by atoms with E-state index in [4.69, 9.17) is 16.3 Å². The molecular weight excluding hydrogens is 314 g/mol. The van der Waals surface area contributed by atoms with E-state index in [0.717, 1.165) is 16.7 Å². The van der Waals surface area contributed by atoms with Crippen LogP contribution in [0.1, 0.15) is 0 Å². The first-order chi connectivity index (χ1) is 11.0. The monoisotopic (exact) mass is 329 g/mol. The van der Waals surface area contributed by atoms with Gasteiger partial charge in [-0.25, -0.2) is 4.98 Å². The van der Waals surface area contributed by atoms with Crippen molar-refractivity contribution in [2.45, 2.75) is 0 Å². The van der Waals surface area contributed by atoms with Gasteiger partial charge in [-0.2, -0.15) is 0 Å². The van der Waals surface area contributed by atoms with Crippen LogP contribution in [0.15, 0.2) is 48.8 Å². The number of imidazole rings is 1. The van der Waals surface area contributed by atoms with E-state index in [1.807, 2.05) is 29.8 Å². The van der Waals surface area contributed by atoms with Gasteiger partial charge < -0.3 is 14.2 Å². The second-order valence-electron chi connectivity index (χ2n) is 5.22. The number of rotatable bonds is 4. The van der Waals surface area contributed by atoms with Crippen molar-refractivity contribution < 1.29 is 9.53 Å². The van der Waals surface area contributed by atoms with Crippen molar-refractivity contribution in [2.75, 3.05) is 18.6 Å². The van der Waals surface area contributed by atoms with Gasteiger partial charge in [0.2, 0.25) is 0 Å². The van der Waals surface area contributed by atoms with Gasteiger partial charge in [0.1, 0.15) is 5.75 Å². The highest BCUT2D eigenvalue weighted by molar-refractivity contribution is 6.30. The van der Waals surface area contributed by atoms with Crippen molar-refractivity contribution in [1.82, 2.24) is 9.55 Å². The van der Waals surface area contributed by atoms with Crippen LogP contribution in [0.3, 0.4) is 0 Å². The minimum atomic E-state index is -0.143. The van der Waals surface area contributed by atoms with Crippen LogP contribution in [0.25, 0.3) is 11.0 Å². The lowest BCUT2D eigenvalue weighted by Crippen LogP contribution is -2.31. The van der Waals surface area contributed by atoms with Crippen molar-refractivity contribution in [3.05, 3.63) is 53.8 Å². The summed E-state index contributed by atoms with van der Waals surface area (Å²) in [6, 6.07) is 12.6. The first-order valence-corrected chi connectivity index (χ1v) is 7.48. The molecule has 0 aliphatic rings. The molecule has 3 rings (SSSR count). The number of fused-ring (bicyclic) bond motifs is 1. The lowest BCUT2D eigenvalue weighted by molar-refractivity contribution is -0.120. The maximum Gasteiger partial charge on any atom is 0.264 e. The minimum absolute atomic E-state index is 0.0433. The largest absolute Gasteiger partial charge is 0.484 e. The molecule has 0 radical (unpaired) electrons. The number of aryl methyl sites for hydroxylation is 1. The Bertz CT molecular complexity index is 843. The third-order valence-corrected chi connectivity index (χ3v) is 3.90. The third-order valence-electron chi connectivity index (χ3n) is 3.65. The summed E-state index contributed by atoms with van der Waals surface area (Å²) in [6.07, 6.45) is 1.75. The maximum absolute atomic E-state index is 12.3. The third kappa shape index (κ3) is 3.29. The molecule has 1 heterocycles. The summed E-state index contributed by atoms with van der Waals surface area (Å²) >= 11 is 5.82. The molecule has 0 N–H and O–H groups in total. The van der Waals surface area contributed by atoms with Gasteiger partial charge >= 0.3 is 0 Å². The van der Waals surface area contributed by atoms with Crippen LogP contribution in [0.2, 0.25) is 5.02 Å². The van der Waals surface area contributed by atoms with E-state index in [-0.39, 0.29) is 12.5 Å². The molecule has 2 aromatic carbocycles. The molecule has 0 aliphatic heterocycles. The van der Waals surface area contributed by atoms with Gasteiger partial charge in [-0.15, -0.1) is 0 Å². The van der Waals surface area contributed by atoms with Crippen molar-refractivity contribution in [3.63, 3.8) is 0 Å². The molecule has 0 fully saturated rings. The molecule has 0 unspecified atom stereocenters. The predicted molar refractivity (Wildman–Crippen MR) is 91.1 cm³/mol. The average Bonchev–Trinajstić information content (AvgIpc) is 2.94. The lowest BCUT2D eigenvalue weighted by atomic mass is 10.2. The van der Waals surface area contributed by atoms with Crippen LogP contribution in [0, 0.1) is 0 Å². The van der Waals surface area contributed by atoms with E-state index in [1.165, 1.54) is 0 Å². The summed E-state index contributed by atoms with van der Waals surface area (Å²) in [5.41, 5.74) is 2.65. The maximum atomic E-state index is 12.3. The number of aromatic nitrogens is 2. The molecular formula is C17H16ClN3O2. The number of hydrogen-bond acceptors (Lipinski definition) is 3. The van der Waals surface area contributed by atoms with Crippen molar-refractivity contribution in [2.24, 2.45) is 7.05 Å². The molecule has 0 bridgehead atoms. The zero-order chi connectivity index (χ0) is 16.4. The molecule has 23 heavy (non-hydrogen) atoms. The molecule has 6 heteroatoms. The zero-order valence-electron chi connectivity index (χ0n) is 12.9. The normalized spacial score (nSPS) is 10.7. The summed E-state index contributed by atoms with van der Waals surface area (Å²) in [7, 11) is 3.65. The van der Waals surface area contributed by atoms with Crippen molar-refractivity contribution in [1.29, 1.82) is 0 Å². The van der Waals surface area contributed by atoms with Gasteiger partial charge in [0.25, 0.3) is 5.91 Å². The summed E-state index contributed by atoms with van der Waals surface area (Å²) in [4.78, 5) is 18.1. The molecule has 1 aromatic heterocycles. The number of nitrogens with zero attached hydrogens (tertiary/aromatic N) is 3. The quantitative estimate of drug-likeness (QED) is 0.738. The Hall–Kier alpha value is -2.53. The van der Waals surface area contributed by atoms with Gasteiger partial charge in [-0.05, 0) is 42.5 Å². The topological polar surface area (TPSA) is 47.4 Å². The second-order valence-corrected chi connectivity index (χ2v) is 5.66. The molecule has 3 aromatic rings. The molecule has 0 saturated carbocycles. The van der Waals surface area contributed by atoms with E-state index >= 15 is 0 Å². The van der Waals surface area contributed by atoms with Crippen LogP contribution in [0.4, 0.5) is 5.69 Å². The van der Waals surface area contributed by atoms with Gasteiger partial charge in [-0.1, -0.05) is 11.6 Å². The summed E-state index contributed by atoms with van der Waals surface area (Å²) in [5, 5.41) is 0.629. The minimum Gasteiger partial charge on any atom is -0.484 e. The molecule has 1 amide bonds. The van der Waals surface area contributed by atoms with Gasteiger partial charge in [0, 0.05) is 24.8 Å². The van der Waals surface area contributed by atoms with Gasteiger partial charge in [0.15, 0.2) is 6.61 Å². The Morgan fingerprint density at radius 2 is 2.00 bits per heavy atom. The molecule has 0 aliphatic carbocycles. The first kappa shape index (κ1) is 15.4. The predicted octanol–water partition coefficient (Wildman–Crippen LogP) is 3.27. The Kier molecular flexibility index (Phi) is 4.21. The first-order valence-electron chi connectivity index (χ1n) is 7.10. The Labute approximate surface area is 139 Å². The number of halogens is 1. The number of hydrogen-bond donors (Lipinski definition) is 0. The molecule has 0 spiro atoms. The lowest BCUT2D eigenvalue weighted by Gasteiger charge is -2.17. The number of carbonyl (C=O) groups is 1. The summed E-state index contributed by atoms with van der Waals surface area (Å²) in [5.74, 6) is 0.464. The Balaban J connectivity index is 1.69. The molecule has 0 saturated heterocycles. The molecule has 0 atom stereocenters. The van der Waals surface area contributed by atoms with Gasteiger partial charge in [0.05, 0.1) is 17.4 Å². The summed E-state index contributed by atoms with van der Waals surface area (Å²) < 4.78 is 7.42. The highest BCUT2D eigenvalue weighted by Crippen LogP contribution is 2.21. The fourth-order valence-corrected chi connectivity index (χ4v) is 2.38. The van der Waals surface area contributed by atoms with Crippen LogP contribution in [0.5, 0.6) is 5.75 Å². The van der Waals surface area contributed by atoms with Gasteiger partial charge in [-0.3, -0.25) is 4.79 Å². The average molecular weight is 330 g/mol. The number of anilines is 1. The molecule has 118 valence electrons. The summed E-state index contributed by atoms with van der Waals surface area (Å²) in [6.45, 7) is -0.0433. The Morgan fingerprint density at radius 1 is 1.26 bits per heavy atom. The molecule has 5 nitrogen and oxygen atoms in total. The Morgan fingerprint density at radius 3 is 2.74 bits per heavy atom. The smallest absolute Gasteiger partial charge is 0.264 e. The van der Waals surface area contributed by atoms with Crippen LogP contribution < -0.4 is 9.64 Å². The van der Waals surface area contributed by atoms with E-state index in [9.17, 15) is 4.79 Å². The second kappa shape index (κ2) is 6.30. The number of likely N-dealkylation sites (N-methyl/N-ethyl adjacent to an activating group) is 1. The van der Waals surface area contributed by atoms with Crippen LogP contribution >= 0.6 is 11.6 Å². The fraction of sp³-hybridized carbons (Fsp3) is 0.176. The van der Waals surface area contributed by atoms with Crippen molar-refractivity contribution >= 4 is 34.2 Å². The van der Waals surface area contributed by atoms with E-state index in [0.29, 0.717) is 10.8 Å². The van der Waals surface area contributed by atoms with Crippen molar-refractivity contribution in [3.8, 4) is 5.75 Å². The SMILES string of the molecule is CN(C(=O)COc1ccc(Cl)cc1)c1ccc2c(c1)ncn2C. The number of benzene rings is 2. The number of amides is 1. The fourth-order valence-electron chi connectivity index (χ4n) is 2.25. The van der Waals surface area contributed by atoms with E-state index in [1.54, 1.807) is 42.5 Å². The van der Waals surface area contributed by atoms with E-state index in [2.05, 4.69) is 4.98 Å². The van der Waals surface area contributed by atoms with E-state index < -0.39 is 0 Å².